The molecule has 1 saturated heterocycles. The van der Waals surface area contributed by atoms with Gasteiger partial charge in [0.15, 0.2) is 5.78 Å². The number of carbonyl (C=O) groups excluding carboxylic acids is 2. The third kappa shape index (κ3) is 4.86. The van der Waals surface area contributed by atoms with Crippen molar-refractivity contribution in [3.8, 4) is 0 Å². The van der Waals surface area contributed by atoms with Crippen LogP contribution in [0.25, 0.3) is 0 Å². The molecule has 6 heteroatoms. The molecule has 0 aromatic heterocycles. The quantitative estimate of drug-likeness (QED) is 0.724. The predicted octanol–water partition coefficient (Wildman–Crippen LogP) is 4.10. The van der Waals surface area contributed by atoms with Gasteiger partial charge in [-0.3, -0.25) is 9.59 Å². The molecule has 1 aliphatic heterocycles. The number of halogens is 2. The number of rotatable bonds is 5. The number of anilines is 1. The monoisotopic (exact) mass is 388 g/mol. The summed E-state index contributed by atoms with van der Waals surface area (Å²) in [5.41, 5.74) is 2.69. The van der Waals surface area contributed by atoms with Gasteiger partial charge in [0.05, 0.1) is 0 Å². The number of Topliss-reactive ketones (excluding diaryl/α,β-unsaturated/α-hetero) is 1. The maximum atomic E-state index is 12.9. The molecule has 1 heterocycles. The first-order chi connectivity index (χ1) is 12.9. The van der Waals surface area contributed by atoms with E-state index in [1.807, 2.05) is 25.1 Å². The van der Waals surface area contributed by atoms with Gasteiger partial charge in [0, 0.05) is 55.3 Å². The number of amides is 1. The minimum Gasteiger partial charge on any atom is -0.368 e. The average molecular weight is 389 g/mol. The lowest BCUT2D eigenvalue weighted by Gasteiger charge is -2.37. The van der Waals surface area contributed by atoms with E-state index in [4.69, 9.17) is 11.6 Å². The number of benzene rings is 2. The molecule has 0 N–H and O–H groups in total. The van der Waals surface area contributed by atoms with Crippen molar-refractivity contribution in [2.24, 2.45) is 0 Å². The highest BCUT2D eigenvalue weighted by molar-refractivity contribution is 6.30. The Kier molecular flexibility index (Phi) is 6.11. The van der Waals surface area contributed by atoms with Crippen LogP contribution < -0.4 is 4.90 Å². The van der Waals surface area contributed by atoms with E-state index in [0.717, 1.165) is 24.3 Å². The Bertz CT molecular complexity index is 831. The van der Waals surface area contributed by atoms with Gasteiger partial charge in [-0.05, 0) is 48.9 Å². The van der Waals surface area contributed by atoms with E-state index >= 15 is 0 Å². The largest absolute Gasteiger partial charge is 0.368 e. The molecule has 1 fully saturated rings. The molecule has 0 radical (unpaired) electrons. The fourth-order valence-electron chi connectivity index (χ4n) is 3.28. The van der Waals surface area contributed by atoms with Gasteiger partial charge in [0.1, 0.15) is 5.82 Å². The van der Waals surface area contributed by atoms with Crippen LogP contribution in [0.3, 0.4) is 0 Å². The molecular formula is C21H22ClFN2O2. The summed E-state index contributed by atoms with van der Waals surface area (Å²) in [6.45, 7) is 4.76. The number of hydrogen-bond donors (Lipinski definition) is 0. The summed E-state index contributed by atoms with van der Waals surface area (Å²) >= 11 is 6.10. The van der Waals surface area contributed by atoms with Crippen LogP contribution in [-0.2, 0) is 4.79 Å². The molecule has 2 aromatic carbocycles. The van der Waals surface area contributed by atoms with Crippen molar-refractivity contribution in [3.63, 3.8) is 0 Å². The molecular weight excluding hydrogens is 367 g/mol. The van der Waals surface area contributed by atoms with E-state index in [0.29, 0.717) is 23.7 Å². The second-order valence-electron chi connectivity index (χ2n) is 6.73. The summed E-state index contributed by atoms with van der Waals surface area (Å²) in [6.07, 6.45) is 0.310. The Labute approximate surface area is 163 Å². The number of piperazine rings is 1. The van der Waals surface area contributed by atoms with Crippen LogP contribution >= 0.6 is 11.6 Å². The van der Waals surface area contributed by atoms with E-state index in [2.05, 4.69) is 4.90 Å². The van der Waals surface area contributed by atoms with Crippen LogP contribution in [0.5, 0.6) is 0 Å². The van der Waals surface area contributed by atoms with Crippen LogP contribution in [-0.4, -0.2) is 42.8 Å². The smallest absolute Gasteiger partial charge is 0.223 e. The van der Waals surface area contributed by atoms with Crippen LogP contribution in [0.4, 0.5) is 10.1 Å². The van der Waals surface area contributed by atoms with E-state index in [1.54, 1.807) is 4.90 Å². The lowest BCUT2D eigenvalue weighted by molar-refractivity contribution is -0.131. The Balaban J connectivity index is 1.50. The summed E-state index contributed by atoms with van der Waals surface area (Å²) in [5, 5.41) is 0.702. The third-order valence-electron chi connectivity index (χ3n) is 4.88. The lowest BCUT2D eigenvalue weighted by Crippen LogP contribution is -2.49. The molecule has 3 rings (SSSR count). The zero-order chi connectivity index (χ0) is 19.4. The van der Waals surface area contributed by atoms with Gasteiger partial charge in [-0.1, -0.05) is 17.7 Å². The molecule has 1 amide bonds. The van der Waals surface area contributed by atoms with Crippen LogP contribution in [0.15, 0.2) is 42.5 Å². The van der Waals surface area contributed by atoms with Crippen molar-refractivity contribution in [1.29, 1.82) is 0 Å². The van der Waals surface area contributed by atoms with Crippen molar-refractivity contribution in [3.05, 3.63) is 64.4 Å². The number of aryl methyl sites for hydroxylation is 1. The molecule has 0 saturated carbocycles. The fraction of sp³-hybridized carbons (Fsp3) is 0.333. The summed E-state index contributed by atoms with van der Waals surface area (Å²) in [6, 6.07) is 11.2. The zero-order valence-electron chi connectivity index (χ0n) is 15.3. The first-order valence-electron chi connectivity index (χ1n) is 9.01. The Hall–Kier alpha value is -2.40. The molecule has 27 heavy (non-hydrogen) atoms. The Morgan fingerprint density at radius 2 is 1.67 bits per heavy atom. The molecule has 1 aliphatic rings. The molecule has 0 atom stereocenters. The Morgan fingerprint density at radius 1 is 1.00 bits per heavy atom. The van der Waals surface area contributed by atoms with Crippen molar-refractivity contribution in [2.45, 2.75) is 19.8 Å². The maximum Gasteiger partial charge on any atom is 0.223 e. The molecule has 0 bridgehead atoms. The molecule has 0 unspecified atom stereocenters. The van der Waals surface area contributed by atoms with Crippen molar-refractivity contribution in [1.82, 2.24) is 4.90 Å². The van der Waals surface area contributed by atoms with Gasteiger partial charge in [-0.25, -0.2) is 4.39 Å². The Morgan fingerprint density at radius 3 is 2.33 bits per heavy atom. The highest BCUT2D eigenvalue weighted by Gasteiger charge is 2.22. The second-order valence-corrected chi connectivity index (χ2v) is 7.17. The van der Waals surface area contributed by atoms with Gasteiger partial charge >= 0.3 is 0 Å². The molecule has 4 nitrogen and oxygen atoms in total. The lowest BCUT2D eigenvalue weighted by atomic mass is 10.1. The SMILES string of the molecule is Cc1ccc(Cl)cc1N1CCN(C(=O)CCC(=O)c2ccc(F)cc2)CC1. The highest BCUT2D eigenvalue weighted by Crippen LogP contribution is 2.25. The number of carbonyl (C=O) groups is 2. The van der Waals surface area contributed by atoms with Gasteiger partial charge in [0.2, 0.25) is 5.91 Å². The van der Waals surface area contributed by atoms with Crippen LogP contribution in [0.2, 0.25) is 5.02 Å². The topological polar surface area (TPSA) is 40.6 Å². The number of nitrogens with zero attached hydrogens (tertiary/aromatic N) is 2. The summed E-state index contributed by atoms with van der Waals surface area (Å²) in [4.78, 5) is 28.6. The first kappa shape index (κ1) is 19.4. The summed E-state index contributed by atoms with van der Waals surface area (Å²) in [7, 11) is 0. The fourth-order valence-corrected chi connectivity index (χ4v) is 3.45. The van der Waals surface area contributed by atoms with E-state index in [9.17, 15) is 14.0 Å². The minimum atomic E-state index is -0.379. The normalized spacial score (nSPS) is 14.3. The van der Waals surface area contributed by atoms with E-state index < -0.39 is 0 Å². The van der Waals surface area contributed by atoms with Crippen molar-refractivity contribution < 1.29 is 14.0 Å². The number of hydrogen-bond acceptors (Lipinski definition) is 3. The van der Waals surface area contributed by atoms with Crippen LogP contribution in [0.1, 0.15) is 28.8 Å². The molecule has 2 aromatic rings. The van der Waals surface area contributed by atoms with Crippen molar-refractivity contribution >= 4 is 29.0 Å². The van der Waals surface area contributed by atoms with Crippen molar-refractivity contribution in [2.75, 3.05) is 31.1 Å². The maximum absolute atomic E-state index is 12.9. The standard InChI is InChI=1S/C21H22ClFN2O2/c1-15-2-5-17(22)14-19(15)24-10-12-25(13-11-24)21(27)9-8-20(26)16-3-6-18(23)7-4-16/h2-7,14H,8-13H2,1H3. The van der Waals surface area contributed by atoms with Gasteiger partial charge in [-0.15, -0.1) is 0 Å². The van der Waals surface area contributed by atoms with Gasteiger partial charge in [-0.2, -0.15) is 0 Å². The predicted molar refractivity (Wildman–Crippen MR) is 105 cm³/mol. The molecule has 0 aliphatic carbocycles. The number of ketones is 1. The minimum absolute atomic E-state index is 0.0204. The molecule has 142 valence electrons. The van der Waals surface area contributed by atoms with E-state index in [1.165, 1.54) is 24.3 Å². The first-order valence-corrected chi connectivity index (χ1v) is 9.39. The summed E-state index contributed by atoms with van der Waals surface area (Å²) < 4.78 is 12.9. The second kappa shape index (κ2) is 8.53. The average Bonchev–Trinajstić information content (AvgIpc) is 2.68. The van der Waals surface area contributed by atoms with Gasteiger partial charge in [0.25, 0.3) is 0 Å². The van der Waals surface area contributed by atoms with E-state index in [-0.39, 0.29) is 30.3 Å². The molecule has 0 spiro atoms. The third-order valence-corrected chi connectivity index (χ3v) is 5.11. The van der Waals surface area contributed by atoms with Crippen LogP contribution in [0, 0.1) is 12.7 Å². The zero-order valence-corrected chi connectivity index (χ0v) is 16.0. The van der Waals surface area contributed by atoms with Gasteiger partial charge < -0.3 is 9.80 Å². The summed E-state index contributed by atoms with van der Waals surface area (Å²) in [5.74, 6) is -0.542. The highest BCUT2D eigenvalue weighted by atomic mass is 35.5.